The van der Waals surface area contributed by atoms with Crippen LogP contribution in [0.5, 0.6) is 0 Å². The lowest BCUT2D eigenvalue weighted by molar-refractivity contribution is -0.156. The topological polar surface area (TPSA) is 84.3 Å². The number of nitrogens with zero attached hydrogens (tertiary/aromatic N) is 3. The summed E-state index contributed by atoms with van der Waals surface area (Å²) < 4.78 is 0. The molecular formula is C41H57N3O4. The van der Waals surface area contributed by atoms with Crippen molar-refractivity contribution in [3.63, 3.8) is 0 Å². The molecule has 2 saturated heterocycles. The molecule has 48 heavy (non-hydrogen) atoms. The summed E-state index contributed by atoms with van der Waals surface area (Å²) in [6.07, 6.45) is 10.4. The van der Waals surface area contributed by atoms with Gasteiger partial charge in [-0.3, -0.25) is 14.5 Å². The number of aliphatic hydroxyl groups is 2. The van der Waals surface area contributed by atoms with E-state index in [-0.39, 0.29) is 40.9 Å². The smallest absolute Gasteiger partial charge is 0.254 e. The minimum Gasteiger partial charge on any atom is -0.393 e. The third-order valence-corrected chi connectivity index (χ3v) is 15.2. The number of carbonyl (C=O) groups excluding carboxylic acids is 2. The normalized spacial score (nSPS) is 40.7. The fourth-order valence-electron chi connectivity index (χ4n) is 12.7. The van der Waals surface area contributed by atoms with Gasteiger partial charge < -0.3 is 20.0 Å². The molecule has 0 radical (unpaired) electrons. The van der Waals surface area contributed by atoms with Crippen molar-refractivity contribution in [1.82, 2.24) is 14.7 Å². The Morgan fingerprint density at radius 3 is 2.38 bits per heavy atom. The quantitative estimate of drug-likeness (QED) is 0.425. The first kappa shape index (κ1) is 32.7. The van der Waals surface area contributed by atoms with Gasteiger partial charge in [-0.1, -0.05) is 44.2 Å². The van der Waals surface area contributed by atoms with Crippen LogP contribution in [0.2, 0.25) is 0 Å². The van der Waals surface area contributed by atoms with E-state index in [0.29, 0.717) is 43.0 Å². The van der Waals surface area contributed by atoms with Gasteiger partial charge >= 0.3 is 0 Å². The predicted molar refractivity (Wildman–Crippen MR) is 188 cm³/mol. The Bertz CT molecular complexity index is 1540. The number of amides is 2. The zero-order valence-corrected chi connectivity index (χ0v) is 29.4. The van der Waals surface area contributed by atoms with Crippen LogP contribution in [-0.2, 0) is 4.79 Å². The maximum Gasteiger partial charge on any atom is 0.254 e. The van der Waals surface area contributed by atoms with Crippen LogP contribution >= 0.6 is 0 Å². The Hall–Kier alpha value is -2.48. The van der Waals surface area contributed by atoms with Crippen LogP contribution in [0.15, 0.2) is 42.5 Å². The second-order valence-electron chi connectivity index (χ2n) is 17.3. The monoisotopic (exact) mass is 655 g/mol. The Morgan fingerprint density at radius 1 is 0.854 bits per heavy atom. The van der Waals surface area contributed by atoms with Gasteiger partial charge in [-0.25, -0.2) is 0 Å². The summed E-state index contributed by atoms with van der Waals surface area (Å²) in [5.41, 5.74) is 1.15. The Kier molecular flexibility index (Phi) is 8.44. The van der Waals surface area contributed by atoms with E-state index in [0.717, 1.165) is 61.4 Å². The summed E-state index contributed by atoms with van der Waals surface area (Å²) in [7, 11) is 0. The van der Waals surface area contributed by atoms with Crippen LogP contribution in [-0.4, -0.2) is 93.7 Å². The van der Waals surface area contributed by atoms with E-state index >= 15 is 0 Å². The summed E-state index contributed by atoms with van der Waals surface area (Å²) >= 11 is 0. The van der Waals surface area contributed by atoms with Gasteiger partial charge in [0.05, 0.1) is 12.2 Å². The molecule has 0 unspecified atom stereocenters. The average Bonchev–Trinajstić information content (AvgIpc) is 3.72. The fraction of sp³-hybridized carbons (Fsp3) is 0.707. The molecule has 2 amide bonds. The highest BCUT2D eigenvalue weighted by molar-refractivity contribution is 6.01. The zero-order valence-electron chi connectivity index (χ0n) is 29.4. The van der Waals surface area contributed by atoms with Crippen molar-refractivity contribution in [2.75, 3.05) is 32.7 Å². The second-order valence-corrected chi connectivity index (χ2v) is 17.3. The molecule has 6 fully saturated rings. The van der Waals surface area contributed by atoms with E-state index in [2.05, 4.69) is 24.8 Å². The maximum absolute atomic E-state index is 13.9. The summed E-state index contributed by atoms with van der Waals surface area (Å²) in [6, 6.07) is 13.7. The molecule has 0 bridgehead atoms. The molecule has 2 N–H and O–H groups in total. The van der Waals surface area contributed by atoms with Crippen molar-refractivity contribution in [2.45, 2.75) is 109 Å². The maximum atomic E-state index is 13.9. The summed E-state index contributed by atoms with van der Waals surface area (Å²) in [5.74, 6) is 3.22. The van der Waals surface area contributed by atoms with Crippen molar-refractivity contribution < 1.29 is 19.8 Å². The molecule has 8 rings (SSSR count). The largest absolute Gasteiger partial charge is 0.393 e. The van der Waals surface area contributed by atoms with Crippen LogP contribution in [0.1, 0.15) is 95.3 Å². The van der Waals surface area contributed by atoms with E-state index in [4.69, 9.17) is 0 Å². The van der Waals surface area contributed by atoms with Gasteiger partial charge in [0.2, 0.25) is 5.91 Å². The molecule has 11 atom stereocenters. The molecule has 7 nitrogen and oxygen atoms in total. The molecule has 2 aliphatic heterocycles. The van der Waals surface area contributed by atoms with Gasteiger partial charge in [0, 0.05) is 44.3 Å². The number of fused-ring (bicyclic) bond motifs is 6. The number of hydrogen-bond donors (Lipinski definition) is 2. The second kappa shape index (κ2) is 12.4. The Morgan fingerprint density at radius 2 is 1.60 bits per heavy atom. The standard InChI is InChI=1S/C41H57N3O4/c1-26(45)32-14-15-33-31-13-12-30-24-37(46)36(25-41(30,3)34(31)16-17-40(32,33)2)42-19-21-43(22-20-42)39(48)35-9-6-18-44(35)38(47)29-11-10-27-7-4-5-8-28(27)23-29/h4-5,7-8,10-11,23,26,30-37,45-46H,6,9,12-22,24-25H2,1-3H3/t26-,30+,31+,32-,33+,34+,35-,36+,37+,40-,41+/m1/s1. The van der Waals surface area contributed by atoms with Gasteiger partial charge in [0.15, 0.2) is 0 Å². The number of aliphatic hydroxyl groups excluding tert-OH is 2. The van der Waals surface area contributed by atoms with Gasteiger partial charge in [-0.2, -0.15) is 0 Å². The van der Waals surface area contributed by atoms with E-state index in [1.807, 2.05) is 53.1 Å². The van der Waals surface area contributed by atoms with E-state index in [9.17, 15) is 19.8 Å². The van der Waals surface area contributed by atoms with Crippen molar-refractivity contribution in [1.29, 1.82) is 0 Å². The summed E-state index contributed by atoms with van der Waals surface area (Å²) in [4.78, 5) is 33.9. The van der Waals surface area contributed by atoms with Gasteiger partial charge in [0.1, 0.15) is 6.04 Å². The molecule has 0 spiro atoms. The SMILES string of the molecule is C[C@@H](O)[C@H]1CC[C@H]2[C@@H]3CC[C@H]4C[C@H](O)[C@@H](N5CCN(C(=O)[C@H]6CCCN6C(=O)c6ccc7ccccc7c6)CC5)C[C@]4(C)[C@H]3CC[C@]12C. The van der Waals surface area contributed by atoms with Crippen molar-refractivity contribution in [2.24, 2.45) is 40.4 Å². The van der Waals surface area contributed by atoms with E-state index < -0.39 is 6.04 Å². The highest BCUT2D eigenvalue weighted by Gasteiger charge is 2.62. The van der Waals surface area contributed by atoms with Crippen molar-refractivity contribution >= 4 is 22.6 Å². The fourth-order valence-corrected chi connectivity index (χ4v) is 12.7. The number of likely N-dealkylation sites (tertiary alicyclic amines) is 1. The first-order valence-corrected chi connectivity index (χ1v) is 19.3. The summed E-state index contributed by atoms with van der Waals surface area (Å²) in [6.45, 7) is 10.6. The molecule has 6 aliphatic rings. The van der Waals surface area contributed by atoms with Crippen LogP contribution in [0.3, 0.4) is 0 Å². The number of piperazine rings is 1. The molecule has 4 aliphatic carbocycles. The molecule has 2 aromatic carbocycles. The van der Waals surface area contributed by atoms with Crippen LogP contribution in [0.25, 0.3) is 10.8 Å². The molecule has 0 aromatic heterocycles. The lowest BCUT2D eigenvalue weighted by Gasteiger charge is -2.63. The minimum absolute atomic E-state index is 0.0452. The Balaban J connectivity index is 0.920. The predicted octanol–water partition coefficient (Wildman–Crippen LogP) is 5.97. The molecule has 2 heterocycles. The number of rotatable bonds is 4. The molecule has 7 heteroatoms. The lowest BCUT2D eigenvalue weighted by atomic mass is 9.44. The minimum atomic E-state index is -0.393. The Labute approximate surface area is 287 Å². The number of benzene rings is 2. The van der Waals surface area contributed by atoms with Crippen LogP contribution < -0.4 is 0 Å². The van der Waals surface area contributed by atoms with Gasteiger partial charge in [-0.15, -0.1) is 0 Å². The number of hydrogen-bond acceptors (Lipinski definition) is 5. The highest BCUT2D eigenvalue weighted by atomic mass is 16.3. The third kappa shape index (κ3) is 5.24. The first-order valence-electron chi connectivity index (χ1n) is 19.3. The van der Waals surface area contributed by atoms with Crippen molar-refractivity contribution in [3.8, 4) is 0 Å². The average molecular weight is 656 g/mol. The molecule has 260 valence electrons. The summed E-state index contributed by atoms with van der Waals surface area (Å²) in [5, 5.41) is 24.4. The van der Waals surface area contributed by atoms with Gasteiger partial charge in [0.25, 0.3) is 5.91 Å². The third-order valence-electron chi connectivity index (χ3n) is 15.2. The zero-order chi connectivity index (χ0) is 33.4. The van der Waals surface area contributed by atoms with Crippen LogP contribution in [0, 0.1) is 40.4 Å². The van der Waals surface area contributed by atoms with Gasteiger partial charge in [-0.05, 0) is 134 Å². The van der Waals surface area contributed by atoms with E-state index in [1.54, 1.807) is 0 Å². The molecular weight excluding hydrogens is 598 g/mol. The number of carbonyl (C=O) groups is 2. The highest BCUT2D eigenvalue weighted by Crippen LogP contribution is 2.68. The molecule has 4 saturated carbocycles. The molecule has 2 aromatic rings. The van der Waals surface area contributed by atoms with Crippen LogP contribution in [0.4, 0.5) is 0 Å². The van der Waals surface area contributed by atoms with E-state index in [1.165, 1.54) is 38.5 Å². The first-order chi connectivity index (χ1) is 23.1. The lowest BCUT2D eigenvalue weighted by Crippen LogP contribution is -2.62. The van der Waals surface area contributed by atoms with Crippen molar-refractivity contribution in [3.05, 3.63) is 48.0 Å².